The Morgan fingerprint density at radius 2 is 1.92 bits per heavy atom. The fourth-order valence-corrected chi connectivity index (χ4v) is 3.84. The van der Waals surface area contributed by atoms with Crippen LogP contribution < -0.4 is 10.6 Å². The smallest absolute Gasteiger partial charge is 0.191 e. The molecule has 138 valence electrons. The van der Waals surface area contributed by atoms with E-state index in [1.54, 1.807) is 0 Å². The third-order valence-electron chi connectivity index (χ3n) is 5.58. The molecule has 3 rings (SSSR count). The van der Waals surface area contributed by atoms with Crippen molar-refractivity contribution in [2.24, 2.45) is 10.9 Å². The van der Waals surface area contributed by atoms with Gasteiger partial charge in [-0.3, -0.25) is 4.99 Å². The Labute approximate surface area is 153 Å². The Morgan fingerprint density at radius 3 is 2.56 bits per heavy atom. The van der Waals surface area contributed by atoms with E-state index >= 15 is 0 Å². The second-order valence-corrected chi connectivity index (χ2v) is 7.78. The van der Waals surface area contributed by atoms with Gasteiger partial charge in [-0.2, -0.15) is 0 Å². The molecule has 4 nitrogen and oxygen atoms in total. The summed E-state index contributed by atoms with van der Waals surface area (Å²) in [7, 11) is 0. The fraction of sp³-hybridized carbons (Fsp3) is 0.667. The van der Waals surface area contributed by atoms with Gasteiger partial charge in [-0.25, -0.2) is 0 Å². The van der Waals surface area contributed by atoms with Crippen molar-refractivity contribution < 1.29 is 0 Å². The highest BCUT2D eigenvalue weighted by Gasteiger charge is 2.37. The summed E-state index contributed by atoms with van der Waals surface area (Å²) in [5.41, 5.74) is 1.47. The molecule has 2 fully saturated rings. The molecule has 1 aliphatic carbocycles. The maximum absolute atomic E-state index is 4.88. The van der Waals surface area contributed by atoms with Gasteiger partial charge in [-0.05, 0) is 57.4 Å². The maximum Gasteiger partial charge on any atom is 0.191 e. The summed E-state index contributed by atoms with van der Waals surface area (Å²) in [6.45, 7) is 10.9. The molecule has 2 atom stereocenters. The molecule has 2 aliphatic rings. The largest absolute Gasteiger partial charge is 0.357 e. The predicted molar refractivity (Wildman–Crippen MR) is 106 cm³/mol. The molecular weight excluding hydrogens is 308 g/mol. The van der Waals surface area contributed by atoms with E-state index in [1.165, 1.54) is 37.9 Å². The van der Waals surface area contributed by atoms with Crippen molar-refractivity contribution in [3.05, 3.63) is 35.9 Å². The summed E-state index contributed by atoms with van der Waals surface area (Å²) in [5.74, 6) is 2.42. The molecule has 2 unspecified atom stereocenters. The minimum atomic E-state index is 0.553. The molecule has 1 heterocycles. The van der Waals surface area contributed by atoms with Gasteiger partial charge >= 0.3 is 0 Å². The number of aliphatic imine (C=N–C) groups is 1. The van der Waals surface area contributed by atoms with Crippen molar-refractivity contribution in [1.82, 2.24) is 15.5 Å². The van der Waals surface area contributed by atoms with E-state index in [4.69, 9.17) is 4.99 Å². The van der Waals surface area contributed by atoms with Crippen LogP contribution in [-0.4, -0.2) is 49.1 Å². The number of nitrogens with zero attached hydrogens (tertiary/aromatic N) is 2. The Morgan fingerprint density at radius 1 is 1.20 bits per heavy atom. The Hall–Kier alpha value is -1.55. The first kappa shape index (κ1) is 18.2. The third-order valence-corrected chi connectivity index (χ3v) is 5.58. The summed E-state index contributed by atoms with van der Waals surface area (Å²) in [4.78, 5) is 7.45. The zero-order valence-electron chi connectivity index (χ0n) is 16.0. The minimum Gasteiger partial charge on any atom is -0.357 e. The molecule has 1 saturated carbocycles. The molecule has 1 saturated heterocycles. The number of hydrogen-bond acceptors (Lipinski definition) is 2. The van der Waals surface area contributed by atoms with E-state index in [1.807, 2.05) is 0 Å². The van der Waals surface area contributed by atoms with Gasteiger partial charge in [0.2, 0.25) is 0 Å². The number of hydrogen-bond donors (Lipinski definition) is 2. The quantitative estimate of drug-likeness (QED) is 0.616. The van der Waals surface area contributed by atoms with Crippen molar-refractivity contribution in [2.75, 3.05) is 26.2 Å². The third kappa shape index (κ3) is 5.21. The van der Waals surface area contributed by atoms with E-state index in [2.05, 4.69) is 66.6 Å². The fourth-order valence-electron chi connectivity index (χ4n) is 3.84. The van der Waals surface area contributed by atoms with Crippen LogP contribution in [0.15, 0.2) is 35.3 Å². The van der Waals surface area contributed by atoms with Crippen LogP contribution in [0.25, 0.3) is 0 Å². The van der Waals surface area contributed by atoms with Crippen molar-refractivity contribution >= 4 is 5.96 Å². The first-order valence-corrected chi connectivity index (χ1v) is 10.0. The number of likely N-dealkylation sites (tertiary alicyclic amines) is 1. The maximum atomic E-state index is 4.88. The highest BCUT2D eigenvalue weighted by Crippen LogP contribution is 2.47. The predicted octanol–water partition coefficient (Wildman–Crippen LogP) is 3.22. The SMILES string of the molecule is CCNC(=NCC1CC1c1ccccc1)NC1CCN(C(C)C)CC1. The number of benzene rings is 1. The first-order chi connectivity index (χ1) is 12.2. The lowest BCUT2D eigenvalue weighted by Crippen LogP contribution is -2.49. The molecule has 0 radical (unpaired) electrons. The molecule has 1 aliphatic heterocycles. The standard InChI is InChI=1S/C21H34N4/c1-4-22-21(24-19-10-12-25(13-11-19)16(2)3)23-15-18-14-20(18)17-8-6-5-7-9-17/h5-9,16,18-20H,4,10-15H2,1-3H3,(H2,22,23,24). The van der Waals surface area contributed by atoms with Gasteiger partial charge in [0.1, 0.15) is 0 Å². The summed E-state index contributed by atoms with van der Waals surface area (Å²) in [6, 6.07) is 12.1. The minimum absolute atomic E-state index is 0.553. The van der Waals surface area contributed by atoms with Gasteiger partial charge in [0.15, 0.2) is 5.96 Å². The second kappa shape index (κ2) is 8.70. The molecule has 2 N–H and O–H groups in total. The zero-order chi connectivity index (χ0) is 17.6. The van der Waals surface area contributed by atoms with E-state index in [0.717, 1.165) is 19.0 Å². The van der Waals surface area contributed by atoms with Crippen molar-refractivity contribution in [3.63, 3.8) is 0 Å². The van der Waals surface area contributed by atoms with Gasteiger partial charge in [0.25, 0.3) is 0 Å². The Balaban J connectivity index is 1.47. The highest BCUT2D eigenvalue weighted by atomic mass is 15.2. The van der Waals surface area contributed by atoms with Crippen LogP contribution in [0.5, 0.6) is 0 Å². The summed E-state index contributed by atoms with van der Waals surface area (Å²) < 4.78 is 0. The summed E-state index contributed by atoms with van der Waals surface area (Å²) in [5, 5.41) is 7.09. The lowest BCUT2D eigenvalue weighted by atomic mass is 10.0. The molecule has 4 heteroatoms. The molecule has 0 amide bonds. The molecule has 25 heavy (non-hydrogen) atoms. The monoisotopic (exact) mass is 342 g/mol. The van der Waals surface area contributed by atoms with Crippen molar-refractivity contribution in [2.45, 2.75) is 58.0 Å². The molecule has 0 bridgehead atoms. The van der Waals surface area contributed by atoms with E-state index in [9.17, 15) is 0 Å². The molecule has 0 spiro atoms. The lowest BCUT2D eigenvalue weighted by molar-refractivity contribution is 0.167. The number of rotatable bonds is 6. The zero-order valence-corrected chi connectivity index (χ0v) is 16.0. The summed E-state index contributed by atoms with van der Waals surface area (Å²) in [6.07, 6.45) is 3.69. The van der Waals surface area contributed by atoms with Crippen molar-refractivity contribution in [1.29, 1.82) is 0 Å². The summed E-state index contributed by atoms with van der Waals surface area (Å²) >= 11 is 0. The van der Waals surface area contributed by atoms with Crippen LogP contribution in [0.2, 0.25) is 0 Å². The van der Waals surface area contributed by atoms with Crippen LogP contribution >= 0.6 is 0 Å². The number of piperidine rings is 1. The molecular formula is C21H34N4. The van der Waals surface area contributed by atoms with Gasteiger partial charge in [-0.1, -0.05) is 30.3 Å². The van der Waals surface area contributed by atoms with Gasteiger partial charge in [-0.15, -0.1) is 0 Å². The van der Waals surface area contributed by atoms with E-state index < -0.39 is 0 Å². The van der Waals surface area contributed by atoms with Crippen LogP contribution in [0.3, 0.4) is 0 Å². The van der Waals surface area contributed by atoms with Crippen LogP contribution in [0, 0.1) is 5.92 Å². The average molecular weight is 343 g/mol. The van der Waals surface area contributed by atoms with Crippen LogP contribution in [-0.2, 0) is 0 Å². The highest BCUT2D eigenvalue weighted by molar-refractivity contribution is 5.80. The van der Waals surface area contributed by atoms with Gasteiger partial charge in [0.05, 0.1) is 0 Å². The topological polar surface area (TPSA) is 39.7 Å². The number of guanidine groups is 1. The molecule has 1 aromatic rings. The Bertz CT molecular complexity index is 546. The normalized spacial score (nSPS) is 25.2. The second-order valence-electron chi connectivity index (χ2n) is 7.78. The van der Waals surface area contributed by atoms with Crippen molar-refractivity contribution in [3.8, 4) is 0 Å². The molecule has 0 aromatic heterocycles. The molecule has 1 aromatic carbocycles. The van der Waals surface area contributed by atoms with Crippen LogP contribution in [0.4, 0.5) is 0 Å². The Kier molecular flexibility index (Phi) is 6.35. The lowest BCUT2D eigenvalue weighted by Gasteiger charge is -2.35. The van der Waals surface area contributed by atoms with Crippen LogP contribution in [0.1, 0.15) is 51.5 Å². The van der Waals surface area contributed by atoms with E-state index in [-0.39, 0.29) is 0 Å². The van der Waals surface area contributed by atoms with Gasteiger partial charge < -0.3 is 15.5 Å². The first-order valence-electron chi connectivity index (χ1n) is 10.0. The average Bonchev–Trinajstić information content (AvgIpc) is 3.41. The number of nitrogens with one attached hydrogen (secondary N) is 2. The van der Waals surface area contributed by atoms with Gasteiger partial charge in [0, 0.05) is 38.3 Å². The van der Waals surface area contributed by atoms with E-state index in [0.29, 0.717) is 23.9 Å².